The number of nitrogens with one attached hydrogen (secondary N) is 1. The predicted octanol–water partition coefficient (Wildman–Crippen LogP) is 5.07. The number of aromatic nitrogens is 3. The number of ketones is 1. The van der Waals surface area contributed by atoms with Gasteiger partial charge in [0.1, 0.15) is 21.8 Å². The van der Waals surface area contributed by atoms with Gasteiger partial charge in [0.2, 0.25) is 0 Å². The summed E-state index contributed by atoms with van der Waals surface area (Å²) in [5, 5.41) is 18.2. The van der Waals surface area contributed by atoms with E-state index in [-0.39, 0.29) is 16.6 Å². The molecule has 1 fully saturated rings. The van der Waals surface area contributed by atoms with Gasteiger partial charge in [-0.25, -0.2) is 4.39 Å². The van der Waals surface area contributed by atoms with Crippen LogP contribution in [-0.2, 0) is 11.2 Å². The van der Waals surface area contributed by atoms with Crippen LogP contribution in [0.1, 0.15) is 39.8 Å². The molecule has 0 spiro atoms. The summed E-state index contributed by atoms with van der Waals surface area (Å²) >= 11 is 2.58. The highest BCUT2D eigenvalue weighted by atomic mass is 32.2. The lowest BCUT2D eigenvalue weighted by molar-refractivity contribution is -0.114. The van der Waals surface area contributed by atoms with Crippen molar-refractivity contribution in [2.45, 2.75) is 33.1 Å². The SMILES string of the molecule is CCc1nnc([C@@H]2C(=N)S/C(=C\c3cc(C)n(-c4ccc(F)cc4)c3C)C2=O)s1. The van der Waals surface area contributed by atoms with E-state index in [2.05, 4.69) is 10.2 Å². The second-order valence-electron chi connectivity index (χ2n) is 6.80. The zero-order valence-electron chi connectivity index (χ0n) is 16.2. The minimum absolute atomic E-state index is 0.106. The number of carbonyl (C=O) groups is 1. The number of aryl methyl sites for hydroxylation is 2. The molecule has 1 aromatic carbocycles. The monoisotopic (exact) mass is 426 g/mol. The normalized spacial score (nSPS) is 18.2. The summed E-state index contributed by atoms with van der Waals surface area (Å²) in [5.74, 6) is -1.03. The van der Waals surface area contributed by atoms with Gasteiger partial charge in [-0.05, 0) is 62.2 Å². The second-order valence-corrected chi connectivity index (χ2v) is 8.98. The zero-order valence-corrected chi connectivity index (χ0v) is 17.8. The number of carbonyl (C=O) groups excluding carboxylic acids is 1. The molecule has 3 heterocycles. The minimum Gasteiger partial charge on any atom is -0.318 e. The maximum Gasteiger partial charge on any atom is 0.186 e. The standard InChI is InChI=1S/C21H19FN4OS2/c1-4-17-24-25-21(29-17)18-19(27)16(28-20(18)23)10-13-9-11(2)26(12(13)3)15-7-5-14(22)6-8-15/h5-10,18,23H,4H2,1-3H3/b16-10-,23-20?/t18-/m0/s1. The average Bonchev–Trinajstić information content (AvgIpc) is 3.34. The first kappa shape index (κ1) is 19.7. The van der Waals surface area contributed by atoms with Crippen LogP contribution < -0.4 is 0 Å². The van der Waals surface area contributed by atoms with E-state index in [1.54, 1.807) is 12.1 Å². The molecule has 0 bridgehead atoms. The van der Waals surface area contributed by atoms with Gasteiger partial charge < -0.3 is 4.57 Å². The molecular formula is C21H19FN4OS2. The van der Waals surface area contributed by atoms with Crippen LogP contribution in [0, 0.1) is 25.1 Å². The van der Waals surface area contributed by atoms with Crippen molar-refractivity contribution in [3.63, 3.8) is 0 Å². The Labute approximate surface area is 176 Å². The zero-order chi connectivity index (χ0) is 20.7. The molecule has 0 amide bonds. The Hall–Kier alpha value is -2.58. The third-order valence-corrected chi connectivity index (χ3v) is 6.99. The van der Waals surface area contributed by atoms with E-state index in [1.807, 2.05) is 37.5 Å². The minimum atomic E-state index is -0.648. The quantitative estimate of drug-likeness (QED) is 0.592. The Kier molecular flexibility index (Phi) is 5.23. The molecule has 8 heteroatoms. The highest BCUT2D eigenvalue weighted by Crippen LogP contribution is 2.42. The Morgan fingerprint density at radius 1 is 1.24 bits per heavy atom. The molecule has 1 aliphatic heterocycles. The number of hydrogen-bond donors (Lipinski definition) is 1. The average molecular weight is 427 g/mol. The van der Waals surface area contributed by atoms with E-state index in [0.29, 0.717) is 9.91 Å². The van der Waals surface area contributed by atoms with Crippen molar-refractivity contribution in [3.8, 4) is 5.69 Å². The number of halogens is 1. The molecule has 5 nitrogen and oxygen atoms in total. The summed E-state index contributed by atoms with van der Waals surface area (Å²) < 4.78 is 15.3. The molecule has 29 heavy (non-hydrogen) atoms. The van der Waals surface area contributed by atoms with Crippen molar-refractivity contribution in [3.05, 3.63) is 68.0 Å². The Balaban J connectivity index is 1.68. The van der Waals surface area contributed by atoms with E-state index in [0.717, 1.165) is 34.1 Å². The summed E-state index contributed by atoms with van der Waals surface area (Å²) in [6.45, 7) is 5.93. The van der Waals surface area contributed by atoms with Crippen molar-refractivity contribution in [2.75, 3.05) is 0 Å². The molecule has 2 aromatic heterocycles. The number of rotatable bonds is 4. The summed E-state index contributed by atoms with van der Waals surface area (Å²) in [7, 11) is 0. The van der Waals surface area contributed by atoms with E-state index in [1.165, 1.54) is 35.2 Å². The molecule has 0 saturated carbocycles. The fraction of sp³-hybridized carbons (Fsp3) is 0.238. The third kappa shape index (κ3) is 3.58. The smallest absolute Gasteiger partial charge is 0.186 e. The molecule has 1 N–H and O–H groups in total. The lowest BCUT2D eigenvalue weighted by Gasteiger charge is -2.09. The summed E-state index contributed by atoms with van der Waals surface area (Å²) in [5.41, 5.74) is 3.71. The van der Waals surface area contributed by atoms with Crippen LogP contribution in [0.5, 0.6) is 0 Å². The molecule has 1 saturated heterocycles. The van der Waals surface area contributed by atoms with Crippen molar-refractivity contribution in [2.24, 2.45) is 0 Å². The fourth-order valence-electron chi connectivity index (χ4n) is 3.40. The van der Waals surface area contributed by atoms with Gasteiger partial charge >= 0.3 is 0 Å². The van der Waals surface area contributed by atoms with Crippen LogP contribution in [0.25, 0.3) is 11.8 Å². The Morgan fingerprint density at radius 2 is 1.97 bits per heavy atom. The molecule has 0 unspecified atom stereocenters. The highest BCUT2D eigenvalue weighted by Gasteiger charge is 2.39. The van der Waals surface area contributed by atoms with Gasteiger partial charge in [0.05, 0.1) is 9.95 Å². The van der Waals surface area contributed by atoms with Gasteiger partial charge in [0.25, 0.3) is 0 Å². The van der Waals surface area contributed by atoms with E-state index < -0.39 is 5.92 Å². The van der Waals surface area contributed by atoms with Gasteiger partial charge in [-0.15, -0.1) is 21.5 Å². The first-order valence-corrected chi connectivity index (χ1v) is 10.8. The summed E-state index contributed by atoms with van der Waals surface area (Å²) in [6, 6.07) is 8.32. The molecule has 0 aliphatic carbocycles. The van der Waals surface area contributed by atoms with Crippen LogP contribution >= 0.6 is 23.1 Å². The van der Waals surface area contributed by atoms with Crippen LogP contribution in [0.2, 0.25) is 0 Å². The van der Waals surface area contributed by atoms with E-state index >= 15 is 0 Å². The van der Waals surface area contributed by atoms with Gasteiger partial charge in [-0.2, -0.15) is 0 Å². The molecule has 0 radical (unpaired) electrons. The van der Waals surface area contributed by atoms with Crippen LogP contribution in [0.15, 0.2) is 35.2 Å². The second kappa shape index (κ2) is 7.68. The topological polar surface area (TPSA) is 71.6 Å². The van der Waals surface area contributed by atoms with Gasteiger partial charge in [0, 0.05) is 17.1 Å². The lowest BCUT2D eigenvalue weighted by atomic mass is 10.1. The molecule has 3 aromatic rings. The largest absolute Gasteiger partial charge is 0.318 e. The third-order valence-electron chi connectivity index (χ3n) is 4.86. The number of hydrogen-bond acceptors (Lipinski definition) is 6. The predicted molar refractivity (Wildman–Crippen MR) is 116 cm³/mol. The molecular weight excluding hydrogens is 407 g/mol. The van der Waals surface area contributed by atoms with Crippen LogP contribution in [0.3, 0.4) is 0 Å². The summed E-state index contributed by atoms with van der Waals surface area (Å²) in [6.07, 6.45) is 2.60. The van der Waals surface area contributed by atoms with Crippen molar-refractivity contribution < 1.29 is 9.18 Å². The van der Waals surface area contributed by atoms with Crippen LogP contribution in [-0.4, -0.2) is 25.6 Å². The maximum absolute atomic E-state index is 13.3. The molecule has 1 aliphatic rings. The first-order valence-electron chi connectivity index (χ1n) is 9.18. The summed E-state index contributed by atoms with van der Waals surface area (Å²) in [4.78, 5) is 13.5. The number of allylic oxidation sites excluding steroid dienone is 1. The Morgan fingerprint density at radius 3 is 2.62 bits per heavy atom. The number of thioether (sulfide) groups is 1. The van der Waals surface area contributed by atoms with Gasteiger partial charge in [0.15, 0.2) is 5.78 Å². The van der Waals surface area contributed by atoms with E-state index in [4.69, 9.17) is 5.41 Å². The highest BCUT2D eigenvalue weighted by molar-refractivity contribution is 8.19. The first-order chi connectivity index (χ1) is 13.9. The molecule has 1 atom stereocenters. The van der Waals surface area contributed by atoms with Gasteiger partial charge in [-0.3, -0.25) is 10.2 Å². The van der Waals surface area contributed by atoms with Crippen molar-refractivity contribution in [1.29, 1.82) is 5.41 Å². The molecule has 148 valence electrons. The fourth-order valence-corrected chi connectivity index (χ4v) is 5.35. The number of nitrogens with zero attached hydrogens (tertiary/aromatic N) is 3. The Bertz CT molecular complexity index is 1140. The lowest BCUT2D eigenvalue weighted by Crippen LogP contribution is -2.11. The molecule has 4 rings (SSSR count). The maximum atomic E-state index is 13.3. The van der Waals surface area contributed by atoms with Crippen molar-refractivity contribution >= 4 is 40.0 Å². The van der Waals surface area contributed by atoms with Gasteiger partial charge in [-0.1, -0.05) is 18.7 Å². The van der Waals surface area contributed by atoms with Crippen LogP contribution in [0.4, 0.5) is 4.39 Å². The number of benzene rings is 1. The number of Topliss-reactive ketones (excluding diaryl/α,β-unsaturated/α-hetero) is 1. The van der Waals surface area contributed by atoms with Crippen molar-refractivity contribution in [1.82, 2.24) is 14.8 Å². The van der Waals surface area contributed by atoms with E-state index in [9.17, 15) is 9.18 Å².